The molecular weight excluding hydrogens is 402 g/mol. The van der Waals surface area contributed by atoms with Crippen molar-refractivity contribution in [2.75, 3.05) is 32.8 Å². The minimum atomic E-state index is -0.420. The maximum atomic E-state index is 12.8. The minimum absolute atomic E-state index is 0.231. The fourth-order valence-electron chi connectivity index (χ4n) is 3.73. The van der Waals surface area contributed by atoms with Crippen molar-refractivity contribution in [2.24, 2.45) is 0 Å². The summed E-state index contributed by atoms with van der Waals surface area (Å²) in [5.41, 5.74) is 3.93. The molecule has 0 bridgehead atoms. The number of aromatic nitrogens is 1. The van der Waals surface area contributed by atoms with E-state index in [9.17, 15) is 14.4 Å². The highest BCUT2D eigenvalue weighted by molar-refractivity contribution is 8.18. The van der Waals surface area contributed by atoms with Gasteiger partial charge >= 0.3 is 0 Å². The standard InChI is InChI=1S/C22H23N3O4S/c1-15-12-17(16(2)25(15)18-6-4-3-5-7-18)13-19-21(27)24(22(28)30-19)14-20(26)23-8-10-29-11-9-23/h3-7,12-13H,8-11,14H2,1-2H3. The summed E-state index contributed by atoms with van der Waals surface area (Å²) in [7, 11) is 0. The van der Waals surface area contributed by atoms with E-state index in [2.05, 4.69) is 4.57 Å². The molecule has 3 heterocycles. The van der Waals surface area contributed by atoms with Gasteiger partial charge in [-0.15, -0.1) is 0 Å². The van der Waals surface area contributed by atoms with E-state index in [0.29, 0.717) is 31.2 Å². The molecule has 2 saturated heterocycles. The fraction of sp³-hybridized carbons (Fsp3) is 0.318. The predicted octanol–water partition coefficient (Wildman–Crippen LogP) is 2.99. The second-order valence-corrected chi connectivity index (χ2v) is 8.25. The maximum absolute atomic E-state index is 12.8. The molecular formula is C22H23N3O4S. The Kier molecular flexibility index (Phi) is 5.78. The van der Waals surface area contributed by atoms with Crippen molar-refractivity contribution < 1.29 is 19.1 Å². The molecule has 30 heavy (non-hydrogen) atoms. The van der Waals surface area contributed by atoms with Crippen LogP contribution in [0.3, 0.4) is 0 Å². The Morgan fingerprint density at radius 2 is 1.83 bits per heavy atom. The fourth-order valence-corrected chi connectivity index (χ4v) is 4.56. The molecule has 0 unspecified atom stereocenters. The number of hydrogen-bond acceptors (Lipinski definition) is 5. The molecule has 1 aromatic heterocycles. The number of carbonyl (C=O) groups excluding carboxylic acids is 3. The lowest BCUT2D eigenvalue weighted by molar-refractivity contribution is -0.139. The van der Waals surface area contributed by atoms with Crippen molar-refractivity contribution in [2.45, 2.75) is 13.8 Å². The zero-order valence-electron chi connectivity index (χ0n) is 17.0. The van der Waals surface area contributed by atoms with Crippen LogP contribution in [0.4, 0.5) is 4.79 Å². The molecule has 2 aromatic rings. The summed E-state index contributed by atoms with van der Waals surface area (Å²) in [5, 5.41) is -0.412. The van der Waals surface area contributed by atoms with Crippen molar-refractivity contribution in [3.05, 3.63) is 58.3 Å². The van der Waals surface area contributed by atoms with Crippen LogP contribution in [0.1, 0.15) is 17.0 Å². The lowest BCUT2D eigenvalue weighted by atomic mass is 10.2. The monoisotopic (exact) mass is 425 g/mol. The van der Waals surface area contributed by atoms with E-state index in [4.69, 9.17) is 4.74 Å². The second kappa shape index (κ2) is 8.49. The van der Waals surface area contributed by atoms with Gasteiger partial charge in [-0.1, -0.05) is 18.2 Å². The topological polar surface area (TPSA) is 71.9 Å². The molecule has 0 saturated carbocycles. The molecule has 2 aliphatic heterocycles. The third-order valence-corrected chi connectivity index (χ3v) is 6.21. The summed E-state index contributed by atoms with van der Waals surface area (Å²) in [4.78, 5) is 40.7. The van der Waals surface area contributed by atoms with Gasteiger partial charge in [0.05, 0.1) is 18.1 Å². The van der Waals surface area contributed by atoms with Gasteiger partial charge in [-0.2, -0.15) is 0 Å². The van der Waals surface area contributed by atoms with Crippen LogP contribution in [-0.4, -0.2) is 64.3 Å². The number of ether oxygens (including phenoxy) is 1. The highest BCUT2D eigenvalue weighted by Gasteiger charge is 2.37. The molecule has 3 amide bonds. The Morgan fingerprint density at radius 3 is 2.53 bits per heavy atom. The molecule has 1 aromatic carbocycles. The van der Waals surface area contributed by atoms with Crippen molar-refractivity contribution in [1.82, 2.24) is 14.4 Å². The summed E-state index contributed by atoms with van der Waals surface area (Å²) >= 11 is 0.879. The van der Waals surface area contributed by atoms with Gasteiger partial charge in [0.2, 0.25) is 5.91 Å². The van der Waals surface area contributed by atoms with Gasteiger partial charge in [0.25, 0.3) is 11.1 Å². The minimum Gasteiger partial charge on any atom is -0.378 e. The Balaban J connectivity index is 1.54. The lowest BCUT2D eigenvalue weighted by Crippen LogP contribution is -2.46. The van der Waals surface area contributed by atoms with Gasteiger partial charge in [0, 0.05) is 30.2 Å². The van der Waals surface area contributed by atoms with Crippen molar-refractivity contribution in [1.29, 1.82) is 0 Å². The van der Waals surface area contributed by atoms with Crippen molar-refractivity contribution in [3.63, 3.8) is 0 Å². The first-order valence-electron chi connectivity index (χ1n) is 9.81. The molecule has 8 heteroatoms. The summed E-state index contributed by atoms with van der Waals surface area (Å²) in [5.74, 6) is -0.653. The van der Waals surface area contributed by atoms with E-state index in [1.54, 1.807) is 11.0 Å². The highest BCUT2D eigenvalue weighted by atomic mass is 32.2. The quantitative estimate of drug-likeness (QED) is 0.705. The summed E-state index contributed by atoms with van der Waals surface area (Å²) in [6.45, 7) is 5.68. The van der Waals surface area contributed by atoms with Gasteiger partial charge in [0.1, 0.15) is 6.54 Å². The summed E-state index contributed by atoms with van der Waals surface area (Å²) in [6, 6.07) is 12.0. The molecule has 2 fully saturated rings. The molecule has 0 aliphatic carbocycles. The summed E-state index contributed by atoms with van der Waals surface area (Å²) in [6.07, 6.45) is 1.74. The smallest absolute Gasteiger partial charge is 0.294 e. The Morgan fingerprint density at radius 1 is 1.13 bits per heavy atom. The number of para-hydroxylation sites is 1. The van der Waals surface area contributed by atoms with Crippen LogP contribution in [0.2, 0.25) is 0 Å². The van der Waals surface area contributed by atoms with Gasteiger partial charge in [-0.25, -0.2) is 0 Å². The predicted molar refractivity (Wildman–Crippen MR) is 115 cm³/mol. The number of benzene rings is 1. The average molecular weight is 426 g/mol. The Hall–Kier alpha value is -2.84. The summed E-state index contributed by atoms with van der Waals surface area (Å²) < 4.78 is 7.35. The third-order valence-electron chi connectivity index (χ3n) is 5.30. The van der Waals surface area contributed by atoms with E-state index >= 15 is 0 Å². The number of hydrogen-bond donors (Lipinski definition) is 0. The number of rotatable bonds is 4. The molecule has 2 aliphatic rings. The number of morpholine rings is 1. The number of nitrogens with zero attached hydrogens (tertiary/aromatic N) is 3. The van der Waals surface area contributed by atoms with Crippen LogP contribution < -0.4 is 0 Å². The van der Waals surface area contributed by atoms with Gasteiger partial charge in [0.15, 0.2) is 0 Å². The van der Waals surface area contributed by atoms with Gasteiger partial charge in [-0.3, -0.25) is 19.3 Å². The normalized spacial score (nSPS) is 18.5. The lowest BCUT2D eigenvalue weighted by Gasteiger charge is -2.28. The van der Waals surface area contributed by atoms with Crippen LogP contribution in [0.15, 0.2) is 41.3 Å². The van der Waals surface area contributed by atoms with Crippen LogP contribution in [0.5, 0.6) is 0 Å². The average Bonchev–Trinajstić information content (AvgIpc) is 3.18. The zero-order chi connectivity index (χ0) is 21.3. The van der Waals surface area contributed by atoms with Crippen LogP contribution in [0.25, 0.3) is 11.8 Å². The molecule has 0 radical (unpaired) electrons. The van der Waals surface area contributed by atoms with E-state index in [1.165, 1.54) is 0 Å². The number of imide groups is 1. The number of amides is 3. The van der Waals surface area contributed by atoms with E-state index in [-0.39, 0.29) is 12.5 Å². The molecule has 0 atom stereocenters. The van der Waals surface area contributed by atoms with Crippen molar-refractivity contribution >= 4 is 34.9 Å². The highest BCUT2D eigenvalue weighted by Crippen LogP contribution is 2.33. The van der Waals surface area contributed by atoms with E-state index in [1.807, 2.05) is 50.2 Å². The molecule has 0 N–H and O–H groups in total. The number of aryl methyl sites for hydroxylation is 1. The van der Waals surface area contributed by atoms with E-state index in [0.717, 1.165) is 39.3 Å². The van der Waals surface area contributed by atoms with Crippen LogP contribution in [0, 0.1) is 13.8 Å². The van der Waals surface area contributed by atoms with Crippen LogP contribution >= 0.6 is 11.8 Å². The first kappa shape index (κ1) is 20.4. The first-order chi connectivity index (χ1) is 14.5. The van der Waals surface area contributed by atoms with Gasteiger partial charge < -0.3 is 14.2 Å². The molecule has 7 nitrogen and oxygen atoms in total. The first-order valence-corrected chi connectivity index (χ1v) is 10.6. The van der Waals surface area contributed by atoms with E-state index < -0.39 is 11.1 Å². The third kappa shape index (κ3) is 3.93. The Bertz CT molecular complexity index is 1020. The Labute approximate surface area is 179 Å². The van der Waals surface area contributed by atoms with Crippen LogP contribution in [-0.2, 0) is 14.3 Å². The number of carbonyl (C=O) groups is 3. The largest absolute Gasteiger partial charge is 0.378 e. The van der Waals surface area contributed by atoms with Gasteiger partial charge in [-0.05, 0) is 55.4 Å². The second-order valence-electron chi connectivity index (χ2n) is 7.26. The number of thioether (sulfide) groups is 1. The SMILES string of the molecule is Cc1cc(C=C2SC(=O)N(CC(=O)N3CCOCC3)C2=O)c(C)n1-c1ccccc1. The zero-order valence-corrected chi connectivity index (χ0v) is 17.8. The maximum Gasteiger partial charge on any atom is 0.294 e. The molecule has 4 rings (SSSR count). The van der Waals surface area contributed by atoms with Crippen molar-refractivity contribution in [3.8, 4) is 5.69 Å². The molecule has 0 spiro atoms. The molecule has 156 valence electrons.